The molecule has 3 rings (SSSR count). The summed E-state index contributed by atoms with van der Waals surface area (Å²) in [5, 5.41) is 7.23. The fraction of sp³-hybridized carbons (Fsp3) is 0.273. The number of rotatable bonds is 7. The zero-order valence-corrected chi connectivity index (χ0v) is 16.1. The van der Waals surface area contributed by atoms with Crippen LogP contribution in [0, 0.1) is 0 Å². The molecule has 0 saturated heterocycles. The Hall–Kier alpha value is -3.08. The monoisotopic (exact) mass is 362 g/mol. The van der Waals surface area contributed by atoms with Crippen molar-refractivity contribution in [2.45, 2.75) is 33.4 Å². The van der Waals surface area contributed by atoms with E-state index in [1.165, 1.54) is 0 Å². The van der Waals surface area contributed by atoms with Crippen LogP contribution >= 0.6 is 0 Å². The van der Waals surface area contributed by atoms with Gasteiger partial charge in [0.25, 0.3) is 5.91 Å². The van der Waals surface area contributed by atoms with E-state index in [0.29, 0.717) is 18.2 Å². The molecule has 0 atom stereocenters. The molecule has 1 N–H and O–H groups in total. The number of amides is 1. The molecule has 2 aromatic carbocycles. The van der Waals surface area contributed by atoms with Crippen molar-refractivity contribution in [3.63, 3.8) is 0 Å². The topological polar surface area (TPSA) is 50.2 Å². The number of nitrogens with one attached hydrogen (secondary N) is 1. The summed E-state index contributed by atoms with van der Waals surface area (Å²) in [6.07, 6.45) is 3.37. The Kier molecular flexibility index (Phi) is 5.91. The van der Waals surface area contributed by atoms with Crippen molar-refractivity contribution in [3.8, 4) is 0 Å². The van der Waals surface area contributed by atoms with E-state index < -0.39 is 0 Å². The molecule has 0 spiro atoms. The van der Waals surface area contributed by atoms with E-state index >= 15 is 0 Å². The molecule has 0 radical (unpaired) electrons. The van der Waals surface area contributed by atoms with Crippen LogP contribution in [0.5, 0.6) is 0 Å². The van der Waals surface area contributed by atoms with Crippen molar-refractivity contribution in [2.24, 2.45) is 0 Å². The number of benzene rings is 2. The molecule has 0 fully saturated rings. The first-order chi connectivity index (χ1) is 13.1. The number of carbonyl (C=O) groups is 1. The highest BCUT2D eigenvalue weighted by Gasteiger charge is 2.11. The molecule has 0 aliphatic rings. The van der Waals surface area contributed by atoms with Gasteiger partial charge in [-0.15, -0.1) is 0 Å². The molecule has 27 heavy (non-hydrogen) atoms. The molecule has 3 aromatic rings. The van der Waals surface area contributed by atoms with Crippen LogP contribution in [0.1, 0.15) is 36.7 Å². The average molecular weight is 362 g/mol. The van der Waals surface area contributed by atoms with Gasteiger partial charge in [0, 0.05) is 30.2 Å². The number of hydrogen-bond donors (Lipinski definition) is 1. The Morgan fingerprint density at radius 2 is 1.81 bits per heavy atom. The van der Waals surface area contributed by atoms with E-state index in [9.17, 15) is 4.79 Å². The molecule has 0 bridgehead atoms. The molecular weight excluding hydrogens is 336 g/mol. The van der Waals surface area contributed by atoms with E-state index in [1.807, 2.05) is 54.6 Å². The summed E-state index contributed by atoms with van der Waals surface area (Å²) in [6.45, 7) is 8.08. The van der Waals surface area contributed by atoms with Crippen LogP contribution in [0.2, 0.25) is 0 Å². The maximum Gasteiger partial charge on any atom is 0.258 e. The minimum Gasteiger partial charge on any atom is -0.369 e. The van der Waals surface area contributed by atoms with E-state index in [2.05, 4.69) is 36.1 Å². The second-order valence-electron chi connectivity index (χ2n) is 6.79. The van der Waals surface area contributed by atoms with Gasteiger partial charge >= 0.3 is 0 Å². The summed E-state index contributed by atoms with van der Waals surface area (Å²) in [7, 11) is 0. The van der Waals surface area contributed by atoms with Crippen LogP contribution in [0.3, 0.4) is 0 Å². The van der Waals surface area contributed by atoms with Crippen molar-refractivity contribution >= 4 is 17.3 Å². The zero-order chi connectivity index (χ0) is 19.2. The van der Waals surface area contributed by atoms with E-state index in [1.54, 1.807) is 17.1 Å². The molecule has 0 aliphatic heterocycles. The summed E-state index contributed by atoms with van der Waals surface area (Å²) in [5.41, 5.74) is 3.63. The van der Waals surface area contributed by atoms with Gasteiger partial charge in [-0.2, -0.15) is 5.10 Å². The van der Waals surface area contributed by atoms with Gasteiger partial charge in [-0.1, -0.05) is 30.3 Å². The third-order valence-corrected chi connectivity index (χ3v) is 4.50. The van der Waals surface area contributed by atoms with Gasteiger partial charge in [0.05, 0.1) is 18.3 Å². The van der Waals surface area contributed by atoms with Crippen molar-refractivity contribution in [2.75, 3.05) is 16.8 Å². The third-order valence-electron chi connectivity index (χ3n) is 4.50. The normalized spacial score (nSPS) is 10.8. The number of nitrogens with zero attached hydrogens (tertiary/aromatic N) is 3. The van der Waals surface area contributed by atoms with Crippen molar-refractivity contribution in [3.05, 3.63) is 78.1 Å². The highest BCUT2D eigenvalue weighted by atomic mass is 16.1. The number of aromatic nitrogens is 2. The van der Waals surface area contributed by atoms with Crippen LogP contribution in [0.25, 0.3) is 0 Å². The highest BCUT2D eigenvalue weighted by Crippen LogP contribution is 2.20. The molecule has 140 valence electrons. The van der Waals surface area contributed by atoms with Crippen LogP contribution in [-0.2, 0) is 6.54 Å². The second-order valence-corrected chi connectivity index (χ2v) is 6.79. The molecule has 1 aromatic heterocycles. The van der Waals surface area contributed by atoms with Gasteiger partial charge in [-0.05, 0) is 50.6 Å². The van der Waals surface area contributed by atoms with E-state index in [0.717, 1.165) is 23.5 Å². The Morgan fingerprint density at radius 3 is 2.44 bits per heavy atom. The minimum absolute atomic E-state index is 0.154. The minimum atomic E-state index is -0.154. The van der Waals surface area contributed by atoms with Gasteiger partial charge in [0.2, 0.25) is 0 Å². The Balaban J connectivity index is 1.64. The van der Waals surface area contributed by atoms with E-state index in [4.69, 9.17) is 0 Å². The van der Waals surface area contributed by atoms with Crippen LogP contribution < -0.4 is 10.2 Å². The van der Waals surface area contributed by atoms with Gasteiger partial charge in [0.15, 0.2) is 0 Å². The maximum atomic E-state index is 12.5. The molecule has 0 saturated carbocycles. The van der Waals surface area contributed by atoms with Crippen LogP contribution in [0.15, 0.2) is 67.0 Å². The number of carbonyl (C=O) groups excluding carboxylic acids is 1. The van der Waals surface area contributed by atoms with Crippen molar-refractivity contribution < 1.29 is 4.79 Å². The summed E-state index contributed by atoms with van der Waals surface area (Å²) in [4.78, 5) is 14.8. The predicted octanol–water partition coefficient (Wildman–Crippen LogP) is 4.42. The molecule has 1 heterocycles. The fourth-order valence-corrected chi connectivity index (χ4v) is 3.12. The molecular formula is C22H26N4O. The van der Waals surface area contributed by atoms with Gasteiger partial charge in [-0.3, -0.25) is 9.48 Å². The quantitative estimate of drug-likeness (QED) is 0.677. The third kappa shape index (κ3) is 4.76. The Bertz CT molecular complexity index is 869. The smallest absolute Gasteiger partial charge is 0.258 e. The van der Waals surface area contributed by atoms with Gasteiger partial charge in [-0.25, -0.2) is 0 Å². The lowest BCUT2D eigenvalue weighted by Crippen LogP contribution is -2.30. The molecule has 0 aliphatic carbocycles. The SMILES string of the molecule is CCN(c1ccc(NC(=O)c2cnn(Cc3ccccc3)c2)cc1)C(C)C. The van der Waals surface area contributed by atoms with E-state index in [-0.39, 0.29) is 5.91 Å². The molecule has 5 heteroatoms. The fourth-order valence-electron chi connectivity index (χ4n) is 3.12. The van der Waals surface area contributed by atoms with Crippen LogP contribution in [0.4, 0.5) is 11.4 Å². The first kappa shape index (κ1) is 18.7. The lowest BCUT2D eigenvalue weighted by molar-refractivity contribution is 0.102. The predicted molar refractivity (Wildman–Crippen MR) is 110 cm³/mol. The van der Waals surface area contributed by atoms with Crippen LogP contribution in [-0.4, -0.2) is 28.3 Å². The second kappa shape index (κ2) is 8.54. The summed E-state index contributed by atoms with van der Waals surface area (Å²) >= 11 is 0. The first-order valence-corrected chi connectivity index (χ1v) is 9.31. The van der Waals surface area contributed by atoms with Crippen molar-refractivity contribution in [1.29, 1.82) is 0 Å². The van der Waals surface area contributed by atoms with Crippen molar-refractivity contribution in [1.82, 2.24) is 9.78 Å². The van der Waals surface area contributed by atoms with Gasteiger partial charge in [0.1, 0.15) is 0 Å². The largest absolute Gasteiger partial charge is 0.369 e. The first-order valence-electron chi connectivity index (χ1n) is 9.31. The maximum absolute atomic E-state index is 12.5. The molecule has 5 nitrogen and oxygen atoms in total. The zero-order valence-electron chi connectivity index (χ0n) is 16.1. The molecule has 0 unspecified atom stereocenters. The molecule has 1 amide bonds. The Labute approximate surface area is 160 Å². The number of anilines is 2. The number of hydrogen-bond acceptors (Lipinski definition) is 3. The summed E-state index contributed by atoms with van der Waals surface area (Å²) in [5.74, 6) is -0.154. The summed E-state index contributed by atoms with van der Waals surface area (Å²) in [6, 6.07) is 18.4. The van der Waals surface area contributed by atoms with Gasteiger partial charge < -0.3 is 10.2 Å². The summed E-state index contributed by atoms with van der Waals surface area (Å²) < 4.78 is 1.77. The average Bonchev–Trinajstić information content (AvgIpc) is 3.13. The Morgan fingerprint density at radius 1 is 1.11 bits per heavy atom. The lowest BCUT2D eigenvalue weighted by atomic mass is 10.2. The lowest BCUT2D eigenvalue weighted by Gasteiger charge is -2.27. The highest BCUT2D eigenvalue weighted by molar-refractivity contribution is 6.04. The standard InChI is InChI=1S/C22H26N4O/c1-4-26(17(2)3)21-12-10-20(11-13-21)24-22(27)19-14-23-25(16-19)15-18-8-6-5-7-9-18/h5-14,16-17H,4,15H2,1-3H3,(H,24,27).